The Morgan fingerprint density at radius 1 is 1.05 bits per heavy atom. The van der Waals surface area contributed by atoms with Crippen LogP contribution in [0.2, 0.25) is 5.02 Å². The van der Waals surface area contributed by atoms with Gasteiger partial charge in [-0.25, -0.2) is 5.84 Å². The van der Waals surface area contributed by atoms with Crippen molar-refractivity contribution in [2.75, 3.05) is 27.2 Å². The van der Waals surface area contributed by atoms with Crippen molar-refractivity contribution in [1.29, 1.82) is 0 Å². The highest BCUT2D eigenvalue weighted by Crippen LogP contribution is 2.37. The summed E-state index contributed by atoms with van der Waals surface area (Å²) in [4.78, 5) is 16.3. The zero-order valence-electron chi connectivity index (χ0n) is 20.7. The fourth-order valence-electron chi connectivity index (χ4n) is 4.52. The van der Waals surface area contributed by atoms with Crippen molar-refractivity contribution in [2.45, 2.75) is 37.7 Å². The van der Waals surface area contributed by atoms with Crippen LogP contribution in [0.15, 0.2) is 54.0 Å². The van der Waals surface area contributed by atoms with Gasteiger partial charge in [0.05, 0.1) is 17.7 Å². The summed E-state index contributed by atoms with van der Waals surface area (Å²) < 4.78 is 79.6. The van der Waals surface area contributed by atoms with Crippen LogP contribution in [0.3, 0.4) is 0 Å². The number of carbonyl (C=O) groups excluding carboxylic acids is 1. The van der Waals surface area contributed by atoms with Crippen LogP contribution >= 0.6 is 11.6 Å². The molecule has 3 rings (SSSR count). The fourth-order valence-corrected chi connectivity index (χ4v) is 4.81. The molecule has 0 bridgehead atoms. The molecule has 13 heteroatoms. The molecule has 1 atom stereocenters. The molecule has 2 aromatic carbocycles. The number of carbonyl (C=O) groups is 1. The molecule has 1 aliphatic heterocycles. The second-order valence-corrected chi connectivity index (χ2v) is 9.69. The SMILES string of the molecule is CN(C)/C(=C(/N)C(=O)N1CCC[C@H](c2ccccc2Cl)C1)N(N)Cc1cc(C(F)(F)F)cc(C(F)(F)F)c1. The van der Waals surface area contributed by atoms with E-state index in [0.717, 1.165) is 17.0 Å². The van der Waals surface area contributed by atoms with Gasteiger partial charge in [0, 0.05) is 38.1 Å². The molecule has 1 aliphatic rings. The highest BCUT2D eigenvalue weighted by molar-refractivity contribution is 6.31. The molecule has 6 nitrogen and oxygen atoms in total. The van der Waals surface area contributed by atoms with E-state index in [-0.39, 0.29) is 29.1 Å². The van der Waals surface area contributed by atoms with Crippen LogP contribution < -0.4 is 11.6 Å². The maximum Gasteiger partial charge on any atom is 0.416 e. The van der Waals surface area contributed by atoms with Crippen LogP contribution in [0.5, 0.6) is 0 Å². The standard InChI is InChI=1S/C25H28ClF6N5O/c1-35(2)22(37(34)13-15-10-17(24(27,28)29)12-18(11-15)25(30,31)32)21(33)23(38)36-9-5-6-16(14-36)19-7-3-4-8-20(19)26/h3-4,7-8,10-12,16H,5-6,9,13-14,33-34H2,1-2H3/b22-21-/t16-/m0/s1. The summed E-state index contributed by atoms with van der Waals surface area (Å²) in [5.74, 6) is 5.44. The van der Waals surface area contributed by atoms with E-state index in [1.54, 1.807) is 12.1 Å². The predicted molar refractivity (Wildman–Crippen MR) is 131 cm³/mol. The minimum absolute atomic E-state index is 0.0307. The Bertz CT molecular complexity index is 1170. The van der Waals surface area contributed by atoms with Gasteiger partial charge < -0.3 is 15.5 Å². The Morgan fingerprint density at radius 3 is 2.16 bits per heavy atom. The van der Waals surface area contributed by atoms with Gasteiger partial charge in [-0.2, -0.15) is 26.3 Å². The topological polar surface area (TPSA) is 78.8 Å². The fraction of sp³-hybridized carbons (Fsp3) is 0.400. The Hall–Kier alpha value is -3.12. The monoisotopic (exact) mass is 563 g/mol. The number of hydrazine groups is 1. The van der Waals surface area contributed by atoms with Crippen LogP contribution in [0.25, 0.3) is 0 Å². The summed E-state index contributed by atoms with van der Waals surface area (Å²) in [6, 6.07) is 8.51. The van der Waals surface area contributed by atoms with Crippen LogP contribution in [-0.2, 0) is 23.7 Å². The molecule has 0 unspecified atom stereocenters. The van der Waals surface area contributed by atoms with Crippen LogP contribution in [-0.4, -0.2) is 47.9 Å². The number of alkyl halides is 6. The third-order valence-corrected chi connectivity index (χ3v) is 6.57. The van der Waals surface area contributed by atoms with Crippen molar-refractivity contribution < 1.29 is 31.1 Å². The van der Waals surface area contributed by atoms with Crippen molar-refractivity contribution in [3.05, 3.63) is 81.3 Å². The largest absolute Gasteiger partial charge is 0.416 e. The molecule has 1 amide bonds. The highest BCUT2D eigenvalue weighted by atomic mass is 35.5. The van der Waals surface area contributed by atoms with Gasteiger partial charge in [-0.15, -0.1) is 0 Å². The number of amides is 1. The average Bonchev–Trinajstić information content (AvgIpc) is 2.82. The minimum atomic E-state index is -5.00. The van der Waals surface area contributed by atoms with Crippen molar-refractivity contribution in [3.63, 3.8) is 0 Å². The van der Waals surface area contributed by atoms with Crippen LogP contribution in [0.4, 0.5) is 26.3 Å². The number of hydrogen-bond donors (Lipinski definition) is 2. The molecule has 0 saturated carbocycles. The number of rotatable bonds is 6. The Balaban J connectivity index is 1.89. The van der Waals surface area contributed by atoms with Gasteiger partial charge in [-0.05, 0) is 48.2 Å². The zero-order chi connectivity index (χ0) is 28.4. The van der Waals surface area contributed by atoms with E-state index in [4.69, 9.17) is 23.2 Å². The summed E-state index contributed by atoms with van der Waals surface area (Å²) >= 11 is 6.33. The smallest absolute Gasteiger partial charge is 0.391 e. The van der Waals surface area contributed by atoms with Gasteiger partial charge in [0.2, 0.25) is 0 Å². The third-order valence-electron chi connectivity index (χ3n) is 6.22. The van der Waals surface area contributed by atoms with E-state index >= 15 is 0 Å². The third kappa shape index (κ3) is 6.84. The summed E-state index contributed by atoms with van der Waals surface area (Å²) in [5, 5.41) is 1.44. The molecule has 0 aromatic heterocycles. The molecule has 0 spiro atoms. The van der Waals surface area contributed by atoms with Gasteiger partial charge >= 0.3 is 12.4 Å². The number of nitrogens with two attached hydrogens (primary N) is 2. The molecule has 2 aromatic rings. The first-order valence-electron chi connectivity index (χ1n) is 11.6. The summed E-state index contributed by atoms with van der Waals surface area (Å²) in [6.45, 7) is 0.169. The lowest BCUT2D eigenvalue weighted by Crippen LogP contribution is -2.45. The first-order valence-corrected chi connectivity index (χ1v) is 12.0. The minimum Gasteiger partial charge on any atom is -0.391 e. The number of piperidine rings is 1. The summed E-state index contributed by atoms with van der Waals surface area (Å²) in [5.41, 5.74) is 3.52. The van der Waals surface area contributed by atoms with E-state index in [9.17, 15) is 31.1 Å². The molecule has 1 fully saturated rings. The van der Waals surface area contributed by atoms with Crippen molar-refractivity contribution in [3.8, 4) is 0 Å². The second-order valence-electron chi connectivity index (χ2n) is 9.29. The normalized spacial score (nSPS) is 17.2. The Kier molecular flexibility index (Phi) is 8.77. The van der Waals surface area contributed by atoms with E-state index in [1.165, 1.54) is 23.9 Å². The summed E-state index contributed by atoms with van der Waals surface area (Å²) in [6.07, 6.45) is -8.52. The number of benzene rings is 2. The maximum atomic E-state index is 13.3. The van der Waals surface area contributed by atoms with Crippen LogP contribution in [0, 0.1) is 0 Å². The zero-order valence-corrected chi connectivity index (χ0v) is 21.5. The van der Waals surface area contributed by atoms with E-state index in [2.05, 4.69) is 0 Å². The molecule has 0 radical (unpaired) electrons. The molecular formula is C25H28ClF6N5O. The lowest BCUT2D eigenvalue weighted by atomic mass is 9.90. The first kappa shape index (κ1) is 29.4. The molecule has 1 saturated heterocycles. The number of halogens is 7. The van der Waals surface area contributed by atoms with E-state index in [0.29, 0.717) is 36.7 Å². The van der Waals surface area contributed by atoms with Crippen molar-refractivity contribution >= 4 is 17.5 Å². The highest BCUT2D eigenvalue weighted by Gasteiger charge is 2.37. The van der Waals surface area contributed by atoms with E-state index < -0.39 is 35.9 Å². The second kappa shape index (κ2) is 11.3. The Morgan fingerprint density at radius 2 is 1.63 bits per heavy atom. The lowest BCUT2D eigenvalue weighted by molar-refractivity contribution is -0.143. The van der Waals surface area contributed by atoms with E-state index in [1.807, 2.05) is 12.1 Å². The predicted octanol–water partition coefficient (Wildman–Crippen LogP) is 5.15. The number of likely N-dealkylation sites (tertiary alicyclic amines) is 1. The molecule has 0 aliphatic carbocycles. The molecule has 38 heavy (non-hydrogen) atoms. The average molecular weight is 564 g/mol. The molecule has 1 heterocycles. The number of nitrogens with zero attached hydrogens (tertiary/aromatic N) is 3. The van der Waals surface area contributed by atoms with Gasteiger partial charge in [0.25, 0.3) is 5.91 Å². The van der Waals surface area contributed by atoms with Crippen molar-refractivity contribution in [2.24, 2.45) is 11.6 Å². The van der Waals surface area contributed by atoms with Gasteiger partial charge in [-0.1, -0.05) is 29.8 Å². The summed E-state index contributed by atoms with van der Waals surface area (Å²) in [7, 11) is 3.01. The first-order chi connectivity index (χ1) is 17.6. The molecule has 4 N–H and O–H groups in total. The Labute approximate surface area is 221 Å². The van der Waals surface area contributed by atoms with Crippen molar-refractivity contribution in [1.82, 2.24) is 14.8 Å². The van der Waals surface area contributed by atoms with Crippen LogP contribution in [0.1, 0.15) is 41.0 Å². The maximum absolute atomic E-state index is 13.3. The van der Waals surface area contributed by atoms with Gasteiger partial charge in [-0.3, -0.25) is 9.80 Å². The number of hydrogen-bond acceptors (Lipinski definition) is 5. The quantitative estimate of drug-likeness (QED) is 0.220. The lowest BCUT2D eigenvalue weighted by Gasteiger charge is -2.35. The molecular weight excluding hydrogens is 536 g/mol. The van der Waals surface area contributed by atoms with Gasteiger partial charge in [0.1, 0.15) is 11.5 Å². The molecule has 208 valence electrons. The van der Waals surface area contributed by atoms with Gasteiger partial charge in [0.15, 0.2) is 0 Å².